The Labute approximate surface area is 84.5 Å². The molecule has 3 nitrogen and oxygen atoms in total. The third kappa shape index (κ3) is 2.97. The minimum Gasteiger partial charge on any atom is -0.215 e. The van der Waals surface area contributed by atoms with Gasteiger partial charge in [0.2, 0.25) is 10.0 Å². The zero-order valence-corrected chi connectivity index (χ0v) is 9.01. The highest BCUT2D eigenvalue weighted by molar-refractivity contribution is 7.92. The molecule has 0 saturated heterocycles. The van der Waals surface area contributed by atoms with Crippen molar-refractivity contribution < 1.29 is 8.42 Å². The average Bonchev–Trinajstić information content (AvgIpc) is 2.19. The number of benzene rings is 1. The fourth-order valence-corrected chi connectivity index (χ4v) is 1.78. The molecule has 0 heterocycles. The van der Waals surface area contributed by atoms with Crippen LogP contribution >= 0.6 is 0 Å². The van der Waals surface area contributed by atoms with Crippen LogP contribution in [0.4, 0.5) is 0 Å². The second-order valence-electron chi connectivity index (χ2n) is 2.92. The summed E-state index contributed by atoms with van der Waals surface area (Å²) in [5, 5.41) is 1.22. The molecule has 1 aromatic rings. The molecule has 1 N–H and O–H groups in total. The van der Waals surface area contributed by atoms with E-state index in [1.807, 2.05) is 30.3 Å². The molecule has 0 fully saturated rings. The number of sulfonamides is 1. The third-order valence-electron chi connectivity index (χ3n) is 1.85. The van der Waals surface area contributed by atoms with Crippen molar-refractivity contribution in [2.24, 2.45) is 0 Å². The van der Waals surface area contributed by atoms with E-state index in [4.69, 9.17) is 0 Å². The molecule has 14 heavy (non-hydrogen) atoms. The zero-order valence-electron chi connectivity index (χ0n) is 8.19. The Morgan fingerprint density at radius 1 is 1.29 bits per heavy atom. The quantitative estimate of drug-likeness (QED) is 0.825. The van der Waals surface area contributed by atoms with Crippen molar-refractivity contribution >= 4 is 15.6 Å². The predicted octanol–water partition coefficient (Wildman–Crippen LogP) is 1.60. The highest BCUT2D eigenvalue weighted by Gasteiger charge is 2.03. The molecule has 0 atom stereocenters. The van der Waals surface area contributed by atoms with Crippen LogP contribution in [0.15, 0.2) is 35.7 Å². The van der Waals surface area contributed by atoms with Crippen molar-refractivity contribution in [2.75, 3.05) is 7.05 Å². The number of hydrogen-bond donors (Lipinski definition) is 1. The Balaban J connectivity index is 3.03. The van der Waals surface area contributed by atoms with Gasteiger partial charge in [0.05, 0.1) is 0 Å². The Morgan fingerprint density at radius 2 is 1.86 bits per heavy atom. The van der Waals surface area contributed by atoms with Gasteiger partial charge in [-0.2, -0.15) is 0 Å². The van der Waals surface area contributed by atoms with E-state index in [-0.39, 0.29) is 0 Å². The van der Waals surface area contributed by atoms with E-state index in [1.54, 1.807) is 6.92 Å². The summed E-state index contributed by atoms with van der Waals surface area (Å²) >= 11 is 0. The number of hydrogen-bond acceptors (Lipinski definition) is 2. The summed E-state index contributed by atoms with van der Waals surface area (Å²) in [7, 11) is -1.89. The first-order valence-electron chi connectivity index (χ1n) is 4.22. The molecule has 0 spiro atoms. The predicted molar refractivity (Wildman–Crippen MR) is 58.1 cm³/mol. The van der Waals surface area contributed by atoms with E-state index >= 15 is 0 Å². The summed E-state index contributed by atoms with van der Waals surface area (Å²) in [5.41, 5.74) is 1.63. The van der Waals surface area contributed by atoms with Crippen LogP contribution in [0, 0.1) is 0 Å². The van der Waals surface area contributed by atoms with Gasteiger partial charge >= 0.3 is 0 Å². The van der Waals surface area contributed by atoms with Crippen LogP contribution in [0.25, 0.3) is 5.57 Å². The molecule has 1 aromatic carbocycles. The van der Waals surface area contributed by atoms with E-state index in [9.17, 15) is 8.42 Å². The van der Waals surface area contributed by atoms with Crippen LogP contribution in [0.1, 0.15) is 12.5 Å². The Bertz CT molecular complexity index is 421. The molecule has 0 saturated carbocycles. The summed E-state index contributed by atoms with van der Waals surface area (Å²) < 4.78 is 24.6. The van der Waals surface area contributed by atoms with Gasteiger partial charge in [0.15, 0.2) is 0 Å². The van der Waals surface area contributed by atoms with Gasteiger partial charge in [-0.05, 0) is 25.1 Å². The van der Waals surface area contributed by atoms with Crippen molar-refractivity contribution in [3.05, 3.63) is 41.3 Å². The maximum Gasteiger partial charge on any atom is 0.233 e. The molecular weight excluding hydrogens is 198 g/mol. The average molecular weight is 211 g/mol. The van der Waals surface area contributed by atoms with E-state index in [0.29, 0.717) is 0 Å². The van der Waals surface area contributed by atoms with Crippen molar-refractivity contribution in [3.63, 3.8) is 0 Å². The Hall–Kier alpha value is -1.13. The molecule has 0 aliphatic carbocycles. The highest BCUT2D eigenvalue weighted by atomic mass is 32.2. The first kappa shape index (κ1) is 10.9. The smallest absolute Gasteiger partial charge is 0.215 e. The van der Waals surface area contributed by atoms with Crippen molar-refractivity contribution in [1.82, 2.24) is 4.72 Å². The Kier molecular flexibility index (Phi) is 3.43. The van der Waals surface area contributed by atoms with Crippen LogP contribution in [0.2, 0.25) is 0 Å². The van der Waals surface area contributed by atoms with Gasteiger partial charge in [0.25, 0.3) is 0 Å². The lowest BCUT2D eigenvalue weighted by Crippen LogP contribution is -2.15. The second-order valence-corrected chi connectivity index (χ2v) is 4.65. The number of allylic oxidation sites excluding steroid dienone is 1. The molecule has 0 unspecified atom stereocenters. The van der Waals surface area contributed by atoms with Crippen molar-refractivity contribution in [2.45, 2.75) is 6.92 Å². The van der Waals surface area contributed by atoms with Gasteiger partial charge in [-0.15, -0.1) is 0 Å². The second kappa shape index (κ2) is 4.39. The summed E-state index contributed by atoms with van der Waals surface area (Å²) in [4.78, 5) is 0. The van der Waals surface area contributed by atoms with E-state index in [0.717, 1.165) is 11.1 Å². The van der Waals surface area contributed by atoms with Crippen LogP contribution in [0.3, 0.4) is 0 Å². The van der Waals surface area contributed by atoms with Gasteiger partial charge < -0.3 is 0 Å². The largest absolute Gasteiger partial charge is 0.233 e. The summed E-state index contributed by atoms with van der Waals surface area (Å²) in [6.45, 7) is 1.77. The highest BCUT2D eigenvalue weighted by Crippen LogP contribution is 2.13. The van der Waals surface area contributed by atoms with Gasteiger partial charge in [-0.1, -0.05) is 30.3 Å². The molecule has 76 valence electrons. The van der Waals surface area contributed by atoms with E-state index < -0.39 is 10.0 Å². The molecular formula is C10H13NO2S. The van der Waals surface area contributed by atoms with E-state index in [1.165, 1.54) is 12.5 Å². The first-order valence-corrected chi connectivity index (χ1v) is 5.77. The minimum atomic E-state index is -3.28. The summed E-state index contributed by atoms with van der Waals surface area (Å²) in [5.74, 6) is 0. The van der Waals surface area contributed by atoms with E-state index in [2.05, 4.69) is 4.72 Å². The fourth-order valence-electron chi connectivity index (χ4n) is 1.06. The van der Waals surface area contributed by atoms with Crippen molar-refractivity contribution in [1.29, 1.82) is 0 Å². The van der Waals surface area contributed by atoms with Crippen LogP contribution in [-0.2, 0) is 10.0 Å². The van der Waals surface area contributed by atoms with Crippen LogP contribution in [-0.4, -0.2) is 15.5 Å². The number of nitrogens with one attached hydrogen (secondary N) is 1. The molecule has 0 aliphatic heterocycles. The standard InChI is InChI=1S/C10H13NO2S/c1-9(8-14(12,13)11-2)10-6-4-3-5-7-10/h3-8,11H,1-2H3/b9-8-. The third-order valence-corrected chi connectivity index (χ3v) is 3.08. The molecule has 0 amide bonds. The van der Waals surface area contributed by atoms with Gasteiger partial charge in [-0.25, -0.2) is 13.1 Å². The topological polar surface area (TPSA) is 46.2 Å². The minimum absolute atomic E-state index is 0.722. The monoisotopic (exact) mass is 211 g/mol. The maximum absolute atomic E-state index is 11.2. The maximum atomic E-state index is 11.2. The fraction of sp³-hybridized carbons (Fsp3) is 0.200. The summed E-state index contributed by atoms with van der Waals surface area (Å²) in [6.07, 6.45) is 0. The molecule has 4 heteroatoms. The lowest BCUT2D eigenvalue weighted by Gasteiger charge is -2.01. The lowest BCUT2D eigenvalue weighted by molar-refractivity contribution is 0.597. The Morgan fingerprint density at radius 3 is 2.36 bits per heavy atom. The zero-order chi connectivity index (χ0) is 10.6. The first-order chi connectivity index (χ1) is 6.55. The van der Waals surface area contributed by atoms with Gasteiger partial charge in [-0.3, -0.25) is 0 Å². The summed E-state index contributed by atoms with van der Waals surface area (Å²) in [6, 6.07) is 9.38. The normalized spacial score (nSPS) is 12.9. The van der Waals surface area contributed by atoms with Crippen LogP contribution < -0.4 is 4.72 Å². The van der Waals surface area contributed by atoms with Crippen LogP contribution in [0.5, 0.6) is 0 Å². The molecule has 1 rings (SSSR count). The molecule has 0 radical (unpaired) electrons. The van der Waals surface area contributed by atoms with Gasteiger partial charge in [0.1, 0.15) is 0 Å². The molecule has 0 aromatic heterocycles. The SMILES string of the molecule is CNS(=O)(=O)/C=C(/C)c1ccccc1. The number of rotatable bonds is 3. The van der Waals surface area contributed by atoms with Crippen molar-refractivity contribution in [3.8, 4) is 0 Å². The molecule has 0 aliphatic rings. The molecule has 0 bridgehead atoms. The van der Waals surface area contributed by atoms with Gasteiger partial charge in [0, 0.05) is 5.41 Å². The lowest BCUT2D eigenvalue weighted by atomic mass is 10.1.